The first kappa shape index (κ1) is 12.9. The third-order valence-electron chi connectivity index (χ3n) is 3.35. The Kier molecular flexibility index (Phi) is 4.50. The third kappa shape index (κ3) is 4.45. The van der Waals surface area contributed by atoms with Gasteiger partial charge in [-0.1, -0.05) is 13.8 Å². The smallest absolute Gasteiger partial charge is 0.248 e. The predicted octanol–water partition coefficient (Wildman–Crippen LogP) is 3.61. The van der Waals surface area contributed by atoms with E-state index in [-0.39, 0.29) is 24.9 Å². The maximum Gasteiger partial charge on any atom is 0.248 e. The average molecular weight is 220 g/mol. The molecule has 1 saturated carbocycles. The summed E-state index contributed by atoms with van der Waals surface area (Å²) < 4.78 is 25.7. The van der Waals surface area contributed by atoms with Crippen LogP contribution in [0, 0.1) is 11.8 Å². The van der Waals surface area contributed by atoms with Gasteiger partial charge in [-0.05, 0) is 37.5 Å². The van der Waals surface area contributed by atoms with Gasteiger partial charge in [0.1, 0.15) is 0 Å². The molecular formula is C12H22F2O. The second kappa shape index (κ2) is 5.24. The zero-order chi connectivity index (χ0) is 11.5. The van der Waals surface area contributed by atoms with E-state index < -0.39 is 5.92 Å². The Morgan fingerprint density at radius 3 is 2.20 bits per heavy atom. The molecule has 0 aliphatic heterocycles. The zero-order valence-corrected chi connectivity index (χ0v) is 9.68. The molecule has 1 atom stereocenters. The van der Waals surface area contributed by atoms with Crippen LogP contribution in [0.1, 0.15) is 52.4 Å². The van der Waals surface area contributed by atoms with Crippen LogP contribution < -0.4 is 0 Å². The van der Waals surface area contributed by atoms with Crippen LogP contribution >= 0.6 is 0 Å². The molecule has 1 unspecified atom stereocenters. The quantitative estimate of drug-likeness (QED) is 0.767. The van der Waals surface area contributed by atoms with Gasteiger partial charge in [0.15, 0.2) is 0 Å². The minimum Gasteiger partial charge on any atom is -0.393 e. The van der Waals surface area contributed by atoms with E-state index in [1.54, 1.807) is 0 Å². The number of aliphatic hydroxyl groups is 1. The fourth-order valence-corrected chi connectivity index (χ4v) is 2.19. The summed E-state index contributed by atoms with van der Waals surface area (Å²) in [6.45, 7) is 4.23. The molecule has 0 bridgehead atoms. The lowest BCUT2D eigenvalue weighted by molar-refractivity contribution is -0.0634. The normalized spacial score (nSPS) is 24.4. The van der Waals surface area contributed by atoms with Gasteiger partial charge in [-0.3, -0.25) is 0 Å². The Balaban J connectivity index is 2.27. The highest BCUT2D eigenvalue weighted by Gasteiger charge is 2.36. The number of aliphatic hydroxyl groups excluding tert-OH is 1. The number of halogens is 2. The van der Waals surface area contributed by atoms with Crippen LogP contribution in [0.15, 0.2) is 0 Å². The monoisotopic (exact) mass is 220 g/mol. The summed E-state index contributed by atoms with van der Waals surface area (Å²) in [5.41, 5.74) is 0. The first-order chi connectivity index (χ1) is 6.91. The van der Waals surface area contributed by atoms with Crippen molar-refractivity contribution in [2.45, 2.75) is 64.4 Å². The second-order valence-corrected chi connectivity index (χ2v) is 5.23. The summed E-state index contributed by atoms with van der Waals surface area (Å²) in [6, 6.07) is 0. The first-order valence-electron chi connectivity index (χ1n) is 5.96. The van der Waals surface area contributed by atoms with E-state index in [1.165, 1.54) is 0 Å². The molecule has 1 fully saturated rings. The lowest BCUT2D eigenvalue weighted by Crippen LogP contribution is -2.31. The molecule has 0 aromatic carbocycles. The van der Waals surface area contributed by atoms with Crippen LogP contribution in [0.5, 0.6) is 0 Å². The molecule has 1 nitrogen and oxygen atoms in total. The van der Waals surface area contributed by atoms with E-state index in [0.717, 1.165) is 12.8 Å². The molecule has 0 radical (unpaired) electrons. The lowest BCUT2D eigenvalue weighted by Gasteiger charge is -2.31. The summed E-state index contributed by atoms with van der Waals surface area (Å²) in [4.78, 5) is 0. The Morgan fingerprint density at radius 2 is 1.73 bits per heavy atom. The van der Waals surface area contributed by atoms with Crippen molar-refractivity contribution >= 4 is 0 Å². The maximum atomic E-state index is 12.9. The van der Waals surface area contributed by atoms with Crippen LogP contribution in [0.3, 0.4) is 0 Å². The topological polar surface area (TPSA) is 20.2 Å². The SMILES string of the molecule is CC(C)CCC(O)C1CCC(F)(F)CC1. The molecular weight excluding hydrogens is 198 g/mol. The van der Waals surface area contributed by atoms with Gasteiger partial charge in [-0.15, -0.1) is 0 Å². The van der Waals surface area contributed by atoms with Crippen LogP contribution in [0.25, 0.3) is 0 Å². The highest BCUT2D eigenvalue weighted by Crippen LogP contribution is 2.38. The van der Waals surface area contributed by atoms with Crippen LogP contribution in [0.4, 0.5) is 8.78 Å². The van der Waals surface area contributed by atoms with E-state index in [1.807, 2.05) is 0 Å². The molecule has 1 aliphatic carbocycles. The predicted molar refractivity (Wildman–Crippen MR) is 57.0 cm³/mol. The van der Waals surface area contributed by atoms with Gasteiger partial charge in [0, 0.05) is 12.8 Å². The first-order valence-corrected chi connectivity index (χ1v) is 5.96. The fourth-order valence-electron chi connectivity index (χ4n) is 2.19. The number of hydrogen-bond donors (Lipinski definition) is 1. The van der Waals surface area contributed by atoms with Crippen LogP contribution in [-0.4, -0.2) is 17.1 Å². The molecule has 3 heteroatoms. The molecule has 0 spiro atoms. The van der Waals surface area contributed by atoms with Gasteiger partial charge < -0.3 is 5.11 Å². The minimum absolute atomic E-state index is 0.0452. The standard InChI is InChI=1S/C12H22F2O/c1-9(2)3-4-11(15)10-5-7-12(13,14)8-6-10/h9-11,15H,3-8H2,1-2H3. The average Bonchev–Trinajstić information content (AvgIpc) is 2.14. The summed E-state index contributed by atoms with van der Waals surface area (Å²) in [7, 11) is 0. The van der Waals surface area contributed by atoms with Gasteiger partial charge in [-0.2, -0.15) is 0 Å². The van der Waals surface area contributed by atoms with Gasteiger partial charge in [0.25, 0.3) is 0 Å². The van der Waals surface area contributed by atoms with E-state index in [4.69, 9.17) is 0 Å². The van der Waals surface area contributed by atoms with Crippen LogP contribution in [-0.2, 0) is 0 Å². The van der Waals surface area contributed by atoms with Crippen LogP contribution in [0.2, 0.25) is 0 Å². The summed E-state index contributed by atoms with van der Waals surface area (Å²) in [5, 5.41) is 9.85. The third-order valence-corrected chi connectivity index (χ3v) is 3.35. The fraction of sp³-hybridized carbons (Fsp3) is 1.00. The molecule has 1 rings (SSSR count). The number of rotatable bonds is 4. The van der Waals surface area contributed by atoms with Crippen molar-refractivity contribution in [1.29, 1.82) is 0 Å². The van der Waals surface area contributed by atoms with Crippen molar-refractivity contribution in [3.05, 3.63) is 0 Å². The molecule has 1 N–H and O–H groups in total. The summed E-state index contributed by atoms with van der Waals surface area (Å²) >= 11 is 0. The molecule has 0 amide bonds. The molecule has 0 saturated heterocycles. The lowest BCUT2D eigenvalue weighted by atomic mass is 9.81. The molecule has 90 valence electrons. The van der Waals surface area contributed by atoms with Gasteiger partial charge in [0.2, 0.25) is 5.92 Å². The van der Waals surface area contributed by atoms with Gasteiger partial charge >= 0.3 is 0 Å². The Hall–Kier alpha value is -0.180. The van der Waals surface area contributed by atoms with E-state index in [0.29, 0.717) is 18.8 Å². The summed E-state index contributed by atoms with van der Waals surface area (Å²) in [5.74, 6) is -1.80. The van der Waals surface area contributed by atoms with Crippen molar-refractivity contribution in [2.75, 3.05) is 0 Å². The highest BCUT2D eigenvalue weighted by atomic mass is 19.3. The Bertz CT molecular complexity index is 182. The number of alkyl halides is 2. The molecule has 0 aromatic heterocycles. The van der Waals surface area contributed by atoms with E-state index in [2.05, 4.69) is 13.8 Å². The molecule has 0 aromatic rings. The summed E-state index contributed by atoms with van der Waals surface area (Å²) in [6.07, 6.45) is 2.23. The maximum absolute atomic E-state index is 12.9. The molecule has 0 heterocycles. The number of hydrogen-bond acceptors (Lipinski definition) is 1. The molecule has 1 aliphatic rings. The van der Waals surface area contributed by atoms with E-state index in [9.17, 15) is 13.9 Å². The van der Waals surface area contributed by atoms with Crippen molar-refractivity contribution in [1.82, 2.24) is 0 Å². The largest absolute Gasteiger partial charge is 0.393 e. The Labute approximate surface area is 90.9 Å². The van der Waals surface area contributed by atoms with E-state index >= 15 is 0 Å². The van der Waals surface area contributed by atoms with Gasteiger partial charge in [-0.25, -0.2) is 8.78 Å². The second-order valence-electron chi connectivity index (χ2n) is 5.23. The zero-order valence-electron chi connectivity index (χ0n) is 9.68. The van der Waals surface area contributed by atoms with Crippen molar-refractivity contribution < 1.29 is 13.9 Å². The highest BCUT2D eigenvalue weighted by molar-refractivity contribution is 4.81. The minimum atomic E-state index is -2.48. The van der Waals surface area contributed by atoms with Gasteiger partial charge in [0.05, 0.1) is 6.10 Å². The van der Waals surface area contributed by atoms with Crippen molar-refractivity contribution in [3.63, 3.8) is 0 Å². The van der Waals surface area contributed by atoms with Crippen molar-refractivity contribution in [2.24, 2.45) is 11.8 Å². The van der Waals surface area contributed by atoms with Crippen molar-refractivity contribution in [3.8, 4) is 0 Å². The Morgan fingerprint density at radius 1 is 1.20 bits per heavy atom. The molecule has 15 heavy (non-hydrogen) atoms.